The van der Waals surface area contributed by atoms with Crippen LogP contribution in [0.1, 0.15) is 0 Å². The number of hydrogen-bond donors (Lipinski definition) is 2. The molecule has 1 aromatic heterocycles. The monoisotopic (exact) mass is 145 g/mol. The number of nitrogens with zero attached hydrogens (tertiary/aromatic N) is 1. The minimum Gasteiger partial charge on any atom is -0.381 e. The van der Waals surface area contributed by atoms with E-state index in [1.54, 1.807) is 0 Å². The first-order valence-electron chi connectivity index (χ1n) is 2.48. The summed E-state index contributed by atoms with van der Waals surface area (Å²) < 4.78 is 24.6. The smallest absolute Gasteiger partial charge is 0.168 e. The molecular weight excluding hydrogens is 140 g/mol. The standard InChI is InChI=1S/C5H5F2N3/c6-2-1-3(7)5(9)10-4(2)8/h1H,(H4,8,9,10). The number of pyridine rings is 1. The van der Waals surface area contributed by atoms with E-state index in [4.69, 9.17) is 11.5 Å². The van der Waals surface area contributed by atoms with Gasteiger partial charge in [0.2, 0.25) is 0 Å². The van der Waals surface area contributed by atoms with Crippen LogP contribution in [0.4, 0.5) is 20.4 Å². The summed E-state index contributed by atoms with van der Waals surface area (Å²) in [6, 6.07) is 0.595. The molecule has 0 aliphatic heterocycles. The summed E-state index contributed by atoms with van der Waals surface area (Å²) in [5.74, 6) is -2.57. The molecule has 0 aliphatic rings. The molecule has 0 unspecified atom stereocenters. The van der Waals surface area contributed by atoms with Crippen molar-refractivity contribution in [1.82, 2.24) is 4.98 Å². The van der Waals surface area contributed by atoms with Crippen LogP contribution in [0.25, 0.3) is 0 Å². The Morgan fingerprint density at radius 2 is 1.50 bits per heavy atom. The molecule has 0 atom stereocenters. The Morgan fingerprint density at radius 3 is 1.80 bits per heavy atom. The molecule has 5 heteroatoms. The van der Waals surface area contributed by atoms with Crippen molar-refractivity contribution in [2.45, 2.75) is 0 Å². The highest BCUT2D eigenvalue weighted by atomic mass is 19.1. The number of halogens is 2. The van der Waals surface area contributed by atoms with E-state index in [1.807, 2.05) is 0 Å². The van der Waals surface area contributed by atoms with E-state index in [0.717, 1.165) is 0 Å². The number of nitrogens with two attached hydrogens (primary N) is 2. The van der Waals surface area contributed by atoms with Crippen molar-refractivity contribution in [2.24, 2.45) is 0 Å². The molecule has 0 bridgehead atoms. The number of nitrogen functional groups attached to an aromatic ring is 2. The van der Waals surface area contributed by atoms with Gasteiger partial charge in [-0.2, -0.15) is 0 Å². The van der Waals surface area contributed by atoms with E-state index in [9.17, 15) is 8.78 Å². The summed E-state index contributed by atoms with van der Waals surface area (Å²) in [5.41, 5.74) is 9.91. The lowest BCUT2D eigenvalue weighted by molar-refractivity contribution is 0.581. The maximum absolute atomic E-state index is 12.3. The second-order valence-corrected chi connectivity index (χ2v) is 1.72. The normalized spacial score (nSPS) is 9.80. The largest absolute Gasteiger partial charge is 0.381 e. The SMILES string of the molecule is Nc1nc(N)c(F)cc1F. The van der Waals surface area contributed by atoms with Gasteiger partial charge in [0.1, 0.15) is 0 Å². The molecule has 0 fully saturated rings. The third kappa shape index (κ3) is 0.975. The molecule has 1 heterocycles. The van der Waals surface area contributed by atoms with E-state index in [1.165, 1.54) is 0 Å². The van der Waals surface area contributed by atoms with Crippen molar-refractivity contribution >= 4 is 11.6 Å². The Kier molecular flexibility index (Phi) is 1.41. The minimum atomic E-state index is -0.897. The van der Waals surface area contributed by atoms with Gasteiger partial charge >= 0.3 is 0 Å². The second-order valence-electron chi connectivity index (χ2n) is 1.72. The first-order valence-corrected chi connectivity index (χ1v) is 2.48. The van der Waals surface area contributed by atoms with Crippen LogP contribution in [-0.2, 0) is 0 Å². The molecule has 1 aromatic rings. The van der Waals surface area contributed by atoms with E-state index in [-0.39, 0.29) is 11.6 Å². The number of aromatic nitrogens is 1. The summed E-state index contributed by atoms with van der Waals surface area (Å²) in [7, 11) is 0. The van der Waals surface area contributed by atoms with E-state index in [2.05, 4.69) is 4.98 Å². The highest BCUT2D eigenvalue weighted by Crippen LogP contribution is 2.12. The molecule has 0 amide bonds. The topological polar surface area (TPSA) is 64.9 Å². The van der Waals surface area contributed by atoms with E-state index in [0.29, 0.717) is 6.07 Å². The fourth-order valence-electron chi connectivity index (χ4n) is 0.496. The quantitative estimate of drug-likeness (QED) is 0.559. The Bertz CT molecular complexity index is 211. The molecule has 10 heavy (non-hydrogen) atoms. The van der Waals surface area contributed by atoms with Gasteiger partial charge in [-0.3, -0.25) is 0 Å². The fraction of sp³-hybridized carbons (Fsp3) is 0. The van der Waals surface area contributed by atoms with Crippen molar-refractivity contribution < 1.29 is 8.78 Å². The maximum atomic E-state index is 12.3. The third-order valence-corrected chi connectivity index (χ3v) is 0.984. The first-order chi connectivity index (χ1) is 4.61. The minimum absolute atomic E-state index is 0.390. The van der Waals surface area contributed by atoms with Gasteiger partial charge in [-0.05, 0) is 0 Å². The number of rotatable bonds is 0. The fourth-order valence-corrected chi connectivity index (χ4v) is 0.496. The van der Waals surface area contributed by atoms with Crippen molar-refractivity contribution in [2.75, 3.05) is 11.5 Å². The van der Waals surface area contributed by atoms with Gasteiger partial charge in [0.15, 0.2) is 23.3 Å². The summed E-state index contributed by atoms with van der Waals surface area (Å²) in [5, 5.41) is 0. The van der Waals surface area contributed by atoms with Crippen LogP contribution in [0.2, 0.25) is 0 Å². The molecule has 0 saturated heterocycles. The molecule has 0 aromatic carbocycles. The molecule has 54 valence electrons. The average Bonchev–Trinajstić information content (AvgIpc) is 1.84. The van der Waals surface area contributed by atoms with Gasteiger partial charge < -0.3 is 11.5 Å². The predicted molar refractivity (Wildman–Crippen MR) is 33.0 cm³/mol. The summed E-state index contributed by atoms with van der Waals surface area (Å²) in [4.78, 5) is 3.18. The van der Waals surface area contributed by atoms with Crippen molar-refractivity contribution in [1.29, 1.82) is 0 Å². The van der Waals surface area contributed by atoms with E-state index < -0.39 is 11.6 Å². The molecule has 0 saturated carbocycles. The van der Waals surface area contributed by atoms with E-state index >= 15 is 0 Å². The number of anilines is 2. The van der Waals surface area contributed by atoms with Crippen LogP contribution < -0.4 is 11.5 Å². The van der Waals surface area contributed by atoms with Crippen LogP contribution in [-0.4, -0.2) is 4.98 Å². The zero-order valence-electron chi connectivity index (χ0n) is 4.94. The highest BCUT2D eigenvalue weighted by Gasteiger charge is 2.04. The Morgan fingerprint density at radius 1 is 1.10 bits per heavy atom. The second kappa shape index (κ2) is 2.09. The molecule has 0 spiro atoms. The summed E-state index contributed by atoms with van der Waals surface area (Å²) in [6.07, 6.45) is 0. The Hall–Kier alpha value is -1.39. The van der Waals surface area contributed by atoms with Crippen LogP contribution in [0, 0.1) is 11.6 Å². The van der Waals surface area contributed by atoms with Gasteiger partial charge in [0.25, 0.3) is 0 Å². The predicted octanol–water partition coefficient (Wildman–Crippen LogP) is 0.524. The lowest BCUT2D eigenvalue weighted by atomic mass is 10.4. The molecule has 1 rings (SSSR count). The lowest BCUT2D eigenvalue weighted by Gasteiger charge is -1.97. The zero-order valence-corrected chi connectivity index (χ0v) is 4.94. The first kappa shape index (κ1) is 6.73. The molecule has 0 aliphatic carbocycles. The van der Waals surface area contributed by atoms with Crippen molar-refractivity contribution in [3.8, 4) is 0 Å². The van der Waals surface area contributed by atoms with Crippen LogP contribution in [0.15, 0.2) is 6.07 Å². The lowest BCUT2D eigenvalue weighted by Crippen LogP contribution is -2.01. The molecule has 4 N–H and O–H groups in total. The Balaban J connectivity index is 3.28. The van der Waals surface area contributed by atoms with Gasteiger partial charge in [-0.25, -0.2) is 13.8 Å². The number of hydrogen-bond acceptors (Lipinski definition) is 3. The van der Waals surface area contributed by atoms with Crippen LogP contribution >= 0.6 is 0 Å². The summed E-state index contributed by atoms with van der Waals surface area (Å²) >= 11 is 0. The Labute approximate surface area is 55.7 Å². The molecular formula is C5H5F2N3. The molecule has 3 nitrogen and oxygen atoms in total. The van der Waals surface area contributed by atoms with Gasteiger partial charge in [0, 0.05) is 6.07 Å². The van der Waals surface area contributed by atoms with Gasteiger partial charge in [-0.1, -0.05) is 0 Å². The summed E-state index contributed by atoms with van der Waals surface area (Å²) in [6.45, 7) is 0. The van der Waals surface area contributed by atoms with Crippen LogP contribution in [0.5, 0.6) is 0 Å². The zero-order chi connectivity index (χ0) is 7.72. The van der Waals surface area contributed by atoms with Crippen molar-refractivity contribution in [3.05, 3.63) is 17.7 Å². The molecule has 0 radical (unpaired) electrons. The third-order valence-electron chi connectivity index (χ3n) is 0.984. The van der Waals surface area contributed by atoms with Crippen LogP contribution in [0.3, 0.4) is 0 Å². The average molecular weight is 145 g/mol. The van der Waals surface area contributed by atoms with Gasteiger partial charge in [0.05, 0.1) is 0 Å². The highest BCUT2D eigenvalue weighted by molar-refractivity contribution is 5.41. The maximum Gasteiger partial charge on any atom is 0.168 e. The van der Waals surface area contributed by atoms with Gasteiger partial charge in [-0.15, -0.1) is 0 Å². The van der Waals surface area contributed by atoms with Crippen molar-refractivity contribution in [3.63, 3.8) is 0 Å².